The molecule has 0 radical (unpaired) electrons. The normalized spacial score (nSPS) is 14.6. The second-order valence-corrected chi connectivity index (χ2v) is 6.26. The van der Waals surface area contributed by atoms with Crippen molar-refractivity contribution in [2.45, 2.75) is 45.4 Å². The van der Waals surface area contributed by atoms with Gasteiger partial charge in [0, 0.05) is 19.2 Å². The molecule has 1 aliphatic carbocycles. The van der Waals surface area contributed by atoms with Gasteiger partial charge in [-0.15, -0.1) is 12.4 Å². The Morgan fingerprint density at radius 1 is 1.29 bits per heavy atom. The van der Waals surface area contributed by atoms with Crippen molar-refractivity contribution in [3.8, 4) is 5.88 Å². The highest BCUT2D eigenvalue weighted by atomic mass is 35.5. The Hall–Kier alpha value is -1.59. The van der Waals surface area contributed by atoms with E-state index in [2.05, 4.69) is 10.4 Å². The first-order chi connectivity index (χ1) is 11.2. The summed E-state index contributed by atoms with van der Waals surface area (Å²) in [6.07, 6.45) is 5.17. The van der Waals surface area contributed by atoms with E-state index in [9.17, 15) is 4.39 Å². The molecule has 3 rings (SSSR count). The predicted molar refractivity (Wildman–Crippen MR) is 94.9 cm³/mol. The molecule has 0 unspecified atom stereocenters. The molecule has 1 fully saturated rings. The minimum absolute atomic E-state index is 0. The van der Waals surface area contributed by atoms with Crippen LogP contribution in [0.1, 0.15) is 36.9 Å². The topological polar surface area (TPSA) is 39.1 Å². The van der Waals surface area contributed by atoms with Gasteiger partial charge in [-0.05, 0) is 43.5 Å². The minimum atomic E-state index is -0.235. The van der Waals surface area contributed by atoms with Gasteiger partial charge in [-0.25, -0.2) is 9.07 Å². The molecule has 0 saturated heterocycles. The number of nitrogens with zero attached hydrogens (tertiary/aromatic N) is 2. The molecule has 0 bridgehead atoms. The fourth-order valence-corrected chi connectivity index (χ4v) is 3.19. The number of halogens is 2. The minimum Gasteiger partial charge on any atom is -0.473 e. The van der Waals surface area contributed by atoms with Gasteiger partial charge < -0.3 is 10.1 Å². The van der Waals surface area contributed by atoms with Crippen molar-refractivity contribution in [2.24, 2.45) is 5.92 Å². The van der Waals surface area contributed by atoms with E-state index in [4.69, 9.17) is 4.74 Å². The lowest BCUT2D eigenvalue weighted by molar-refractivity contribution is 0.261. The summed E-state index contributed by atoms with van der Waals surface area (Å²) in [5, 5.41) is 7.77. The van der Waals surface area contributed by atoms with Gasteiger partial charge in [0.15, 0.2) is 0 Å². The average molecular weight is 354 g/mol. The fraction of sp³-hybridized carbons (Fsp3) is 0.500. The van der Waals surface area contributed by atoms with Crippen LogP contribution in [-0.4, -0.2) is 16.8 Å². The zero-order valence-electron chi connectivity index (χ0n) is 14.0. The van der Waals surface area contributed by atoms with E-state index >= 15 is 0 Å². The Balaban J connectivity index is 0.00000208. The number of nitrogens with one attached hydrogen (secondary N) is 1. The first-order valence-electron chi connectivity index (χ1n) is 8.33. The molecule has 1 saturated carbocycles. The Morgan fingerprint density at radius 3 is 2.79 bits per heavy atom. The van der Waals surface area contributed by atoms with E-state index in [1.54, 1.807) is 6.07 Å². The second kappa shape index (κ2) is 9.04. The summed E-state index contributed by atoms with van der Waals surface area (Å²) < 4.78 is 21.2. The molecule has 6 heteroatoms. The number of ether oxygens (including phenoxy) is 1. The monoisotopic (exact) mass is 353 g/mol. The van der Waals surface area contributed by atoms with E-state index in [1.807, 2.05) is 23.9 Å². The first kappa shape index (κ1) is 18.7. The molecule has 0 spiro atoms. The van der Waals surface area contributed by atoms with Gasteiger partial charge in [0.25, 0.3) is 0 Å². The molecule has 2 aromatic rings. The maximum absolute atomic E-state index is 13.3. The molecule has 1 aliphatic rings. The van der Waals surface area contributed by atoms with Crippen molar-refractivity contribution in [1.82, 2.24) is 15.1 Å². The summed E-state index contributed by atoms with van der Waals surface area (Å²) in [6.45, 7) is 1.98. The lowest BCUT2D eigenvalue weighted by Gasteiger charge is -2.13. The van der Waals surface area contributed by atoms with Crippen LogP contribution in [0.5, 0.6) is 5.88 Å². The van der Waals surface area contributed by atoms with E-state index < -0.39 is 0 Å². The molecule has 0 aliphatic heterocycles. The van der Waals surface area contributed by atoms with E-state index in [0.29, 0.717) is 19.1 Å². The Labute approximate surface area is 148 Å². The third-order valence-electron chi connectivity index (χ3n) is 4.33. The van der Waals surface area contributed by atoms with Gasteiger partial charge in [-0.3, -0.25) is 0 Å². The van der Waals surface area contributed by atoms with E-state index in [1.165, 1.54) is 37.8 Å². The quantitative estimate of drug-likeness (QED) is 0.819. The zero-order valence-corrected chi connectivity index (χ0v) is 14.8. The molecule has 1 aromatic heterocycles. The maximum atomic E-state index is 13.3. The summed E-state index contributed by atoms with van der Waals surface area (Å²) in [6, 6.07) is 8.50. The lowest BCUT2D eigenvalue weighted by atomic mass is 10.1. The van der Waals surface area contributed by atoms with Gasteiger partial charge in [-0.1, -0.05) is 25.0 Å². The highest BCUT2D eigenvalue weighted by molar-refractivity contribution is 5.85. The van der Waals surface area contributed by atoms with E-state index in [0.717, 1.165) is 23.7 Å². The Kier molecular flexibility index (Phi) is 7.06. The van der Waals surface area contributed by atoms with Gasteiger partial charge >= 0.3 is 0 Å². The molecule has 1 aromatic carbocycles. The van der Waals surface area contributed by atoms with Crippen molar-refractivity contribution in [2.75, 3.05) is 7.05 Å². The maximum Gasteiger partial charge on any atom is 0.212 e. The Morgan fingerprint density at radius 2 is 2.08 bits per heavy atom. The van der Waals surface area contributed by atoms with Crippen molar-refractivity contribution in [3.63, 3.8) is 0 Å². The van der Waals surface area contributed by atoms with Crippen LogP contribution < -0.4 is 10.1 Å². The molecule has 0 atom stereocenters. The molecule has 132 valence electrons. The summed E-state index contributed by atoms with van der Waals surface area (Å²) in [5.41, 5.74) is 1.80. The average Bonchev–Trinajstić information content (AvgIpc) is 3.16. The largest absolute Gasteiger partial charge is 0.473 e. The van der Waals surface area contributed by atoms with E-state index in [-0.39, 0.29) is 18.2 Å². The van der Waals surface area contributed by atoms with Crippen LogP contribution in [0.15, 0.2) is 30.3 Å². The third-order valence-corrected chi connectivity index (χ3v) is 4.33. The number of hydrogen-bond acceptors (Lipinski definition) is 3. The van der Waals surface area contributed by atoms with Crippen LogP contribution in [0.25, 0.3) is 0 Å². The van der Waals surface area contributed by atoms with Gasteiger partial charge in [0.2, 0.25) is 5.88 Å². The molecular formula is C18H25ClFN3O. The smallest absolute Gasteiger partial charge is 0.212 e. The molecule has 24 heavy (non-hydrogen) atoms. The Bertz CT molecular complexity index is 641. The summed E-state index contributed by atoms with van der Waals surface area (Å²) in [4.78, 5) is 0. The van der Waals surface area contributed by atoms with Crippen LogP contribution in [0.4, 0.5) is 4.39 Å². The highest BCUT2D eigenvalue weighted by Gasteiger charge is 2.18. The molecular weight excluding hydrogens is 329 g/mol. The SMILES string of the molecule is CNCc1cc(OCc2cccc(F)c2)n(CC2CCCC2)n1.Cl. The summed E-state index contributed by atoms with van der Waals surface area (Å²) >= 11 is 0. The van der Waals surface area contributed by atoms with Crippen LogP contribution in [-0.2, 0) is 19.7 Å². The molecule has 1 N–H and O–H groups in total. The lowest BCUT2D eigenvalue weighted by Crippen LogP contribution is -2.12. The number of rotatable bonds is 7. The highest BCUT2D eigenvalue weighted by Crippen LogP contribution is 2.28. The molecule has 4 nitrogen and oxygen atoms in total. The van der Waals surface area contributed by atoms with Crippen LogP contribution in [0.2, 0.25) is 0 Å². The van der Waals surface area contributed by atoms with Gasteiger partial charge in [-0.2, -0.15) is 5.10 Å². The number of hydrogen-bond donors (Lipinski definition) is 1. The van der Waals surface area contributed by atoms with Crippen LogP contribution >= 0.6 is 12.4 Å². The standard InChI is InChI=1S/C18H24FN3O.ClH/c1-20-11-17-10-18(22(21-17)12-14-5-2-3-6-14)23-13-15-7-4-8-16(19)9-15;/h4,7-10,14,20H,2-3,5-6,11-13H2,1H3;1H. The van der Waals surface area contributed by atoms with Gasteiger partial charge in [0.1, 0.15) is 12.4 Å². The van der Waals surface area contributed by atoms with Crippen molar-refractivity contribution in [3.05, 3.63) is 47.4 Å². The van der Waals surface area contributed by atoms with Gasteiger partial charge in [0.05, 0.1) is 5.69 Å². The first-order valence-corrected chi connectivity index (χ1v) is 8.33. The van der Waals surface area contributed by atoms with Crippen LogP contribution in [0, 0.1) is 11.7 Å². The second-order valence-electron chi connectivity index (χ2n) is 6.26. The van der Waals surface area contributed by atoms with Crippen molar-refractivity contribution in [1.29, 1.82) is 0 Å². The number of benzene rings is 1. The zero-order chi connectivity index (χ0) is 16.1. The summed E-state index contributed by atoms with van der Waals surface area (Å²) in [5.74, 6) is 1.22. The molecule has 1 heterocycles. The number of aromatic nitrogens is 2. The van der Waals surface area contributed by atoms with Crippen molar-refractivity contribution >= 4 is 12.4 Å². The van der Waals surface area contributed by atoms with Crippen LogP contribution in [0.3, 0.4) is 0 Å². The predicted octanol–water partition coefficient (Wildman–Crippen LogP) is 3.93. The fourth-order valence-electron chi connectivity index (χ4n) is 3.19. The van der Waals surface area contributed by atoms with Crippen molar-refractivity contribution < 1.29 is 9.13 Å². The third kappa shape index (κ3) is 4.95. The summed E-state index contributed by atoms with van der Waals surface area (Å²) in [7, 11) is 1.91. The molecule has 0 amide bonds.